The molecule has 4 rings (SSSR count). The second-order valence-electron chi connectivity index (χ2n) is 6.57. The summed E-state index contributed by atoms with van der Waals surface area (Å²) < 4.78 is 15.6. The van der Waals surface area contributed by atoms with Crippen LogP contribution in [0.25, 0.3) is 0 Å². The first-order valence-electron chi connectivity index (χ1n) is 9.47. The third-order valence-corrected chi connectivity index (χ3v) is 4.62. The number of hydrogen-bond acceptors (Lipinski definition) is 6. The predicted molar refractivity (Wildman–Crippen MR) is 106 cm³/mol. The first kappa shape index (κ1) is 18.8. The van der Waals surface area contributed by atoms with Crippen LogP contribution in [0.3, 0.4) is 0 Å². The van der Waals surface area contributed by atoms with E-state index in [1.165, 1.54) is 5.01 Å². The van der Waals surface area contributed by atoms with E-state index in [1.807, 2.05) is 18.2 Å². The van der Waals surface area contributed by atoms with E-state index in [-0.39, 0.29) is 12.7 Å². The zero-order valence-corrected chi connectivity index (χ0v) is 16.0. The maximum atomic E-state index is 12.9. The van der Waals surface area contributed by atoms with E-state index >= 15 is 0 Å². The molecule has 29 heavy (non-hydrogen) atoms. The first-order valence-corrected chi connectivity index (χ1v) is 9.47. The smallest absolute Gasteiger partial charge is 0.411 e. The Labute approximate surface area is 168 Å². The summed E-state index contributed by atoms with van der Waals surface area (Å²) in [6.07, 6.45) is 1.08. The molecule has 1 N–H and O–H groups in total. The molecule has 0 spiro atoms. The molecule has 150 valence electrons. The summed E-state index contributed by atoms with van der Waals surface area (Å²) in [4.78, 5) is 24.3. The van der Waals surface area contributed by atoms with Gasteiger partial charge >= 0.3 is 6.09 Å². The molecular formula is C21H21N3O5. The number of carbonyl (C=O) groups excluding carboxylic acids is 2. The number of carbonyl (C=O) groups is 2. The largest absolute Gasteiger partial charge is 0.454 e. The van der Waals surface area contributed by atoms with Gasteiger partial charge in [-0.15, -0.1) is 0 Å². The van der Waals surface area contributed by atoms with Crippen molar-refractivity contribution in [3.63, 3.8) is 0 Å². The molecule has 0 fully saturated rings. The fourth-order valence-corrected chi connectivity index (χ4v) is 3.20. The van der Waals surface area contributed by atoms with Gasteiger partial charge in [-0.05, 0) is 62.2 Å². The number of rotatable bonds is 4. The van der Waals surface area contributed by atoms with Crippen LogP contribution in [0.15, 0.2) is 47.6 Å². The average Bonchev–Trinajstić information content (AvgIpc) is 3.22. The van der Waals surface area contributed by atoms with Gasteiger partial charge in [0.15, 0.2) is 11.5 Å². The number of amides is 2. The van der Waals surface area contributed by atoms with E-state index in [4.69, 9.17) is 14.2 Å². The zero-order chi connectivity index (χ0) is 20.2. The average molecular weight is 395 g/mol. The second-order valence-corrected chi connectivity index (χ2v) is 6.57. The molecule has 0 atom stereocenters. The zero-order valence-electron chi connectivity index (χ0n) is 16.0. The molecule has 0 aromatic heterocycles. The monoisotopic (exact) mass is 395 g/mol. The topological polar surface area (TPSA) is 89.5 Å². The normalized spacial score (nSPS) is 14.9. The van der Waals surface area contributed by atoms with Crippen LogP contribution in [0.5, 0.6) is 11.5 Å². The molecule has 2 aliphatic rings. The van der Waals surface area contributed by atoms with E-state index in [2.05, 4.69) is 10.4 Å². The van der Waals surface area contributed by atoms with Crippen LogP contribution < -0.4 is 14.8 Å². The van der Waals surface area contributed by atoms with Crippen molar-refractivity contribution < 1.29 is 23.8 Å². The van der Waals surface area contributed by atoms with Crippen LogP contribution in [-0.4, -0.2) is 42.7 Å². The molecule has 0 bridgehead atoms. The molecule has 8 heteroatoms. The highest BCUT2D eigenvalue weighted by atomic mass is 16.7. The maximum Gasteiger partial charge on any atom is 0.411 e. The Bertz CT molecular complexity index is 955. The highest BCUT2D eigenvalue weighted by molar-refractivity contribution is 6.03. The van der Waals surface area contributed by atoms with Crippen molar-refractivity contribution in [2.24, 2.45) is 5.10 Å². The van der Waals surface area contributed by atoms with Crippen LogP contribution in [0, 0.1) is 0 Å². The minimum Gasteiger partial charge on any atom is -0.454 e. The number of hydrogen-bond donors (Lipinski definition) is 1. The molecule has 8 nitrogen and oxygen atoms in total. The molecule has 0 saturated carbocycles. The molecule has 0 radical (unpaired) electrons. The summed E-state index contributed by atoms with van der Waals surface area (Å²) in [5.41, 5.74) is 2.81. The number of ether oxygens (including phenoxy) is 3. The van der Waals surface area contributed by atoms with Crippen LogP contribution >= 0.6 is 0 Å². The van der Waals surface area contributed by atoms with Crippen LogP contribution in [0.2, 0.25) is 0 Å². The Morgan fingerprint density at radius 3 is 2.72 bits per heavy atom. The summed E-state index contributed by atoms with van der Waals surface area (Å²) in [5.74, 6) is 1.22. The Hall–Kier alpha value is -3.55. The molecule has 0 unspecified atom stereocenters. The lowest BCUT2D eigenvalue weighted by Crippen LogP contribution is -2.32. The van der Waals surface area contributed by atoms with Crippen molar-refractivity contribution in [2.45, 2.75) is 19.8 Å². The van der Waals surface area contributed by atoms with Gasteiger partial charge in [-0.2, -0.15) is 5.10 Å². The van der Waals surface area contributed by atoms with E-state index in [0.29, 0.717) is 30.2 Å². The van der Waals surface area contributed by atoms with Gasteiger partial charge in [0.1, 0.15) is 0 Å². The number of fused-ring (bicyclic) bond motifs is 1. The van der Waals surface area contributed by atoms with Gasteiger partial charge in [0.05, 0.1) is 12.3 Å². The van der Waals surface area contributed by atoms with Gasteiger partial charge < -0.3 is 14.2 Å². The second kappa shape index (κ2) is 8.22. The number of anilines is 1. The van der Waals surface area contributed by atoms with Gasteiger partial charge in [0, 0.05) is 23.4 Å². The van der Waals surface area contributed by atoms with Crippen LogP contribution in [-0.2, 0) is 4.74 Å². The van der Waals surface area contributed by atoms with Crippen molar-refractivity contribution in [3.8, 4) is 11.5 Å². The summed E-state index contributed by atoms with van der Waals surface area (Å²) in [6, 6.07) is 12.3. The summed E-state index contributed by atoms with van der Waals surface area (Å²) >= 11 is 0. The number of benzene rings is 2. The lowest BCUT2D eigenvalue weighted by molar-refractivity contribution is 0.0751. The maximum absolute atomic E-state index is 12.9. The molecule has 2 aromatic carbocycles. The minimum absolute atomic E-state index is 0.189. The van der Waals surface area contributed by atoms with Gasteiger partial charge in [0.2, 0.25) is 6.79 Å². The van der Waals surface area contributed by atoms with Gasteiger partial charge in [-0.25, -0.2) is 9.80 Å². The van der Waals surface area contributed by atoms with Crippen molar-refractivity contribution in [2.75, 3.05) is 25.3 Å². The molecule has 2 aromatic rings. The number of nitrogens with one attached hydrogen (secondary N) is 1. The highest BCUT2D eigenvalue weighted by Crippen LogP contribution is 2.33. The lowest BCUT2D eigenvalue weighted by Gasteiger charge is -2.24. The molecular weight excluding hydrogens is 374 g/mol. The Balaban J connectivity index is 1.48. The SMILES string of the molecule is CCOC(=O)Nc1ccc(C(=O)N2CCCC(c3ccc4c(c3)OCO4)=N2)cc1. The molecule has 2 aliphatic heterocycles. The van der Waals surface area contributed by atoms with E-state index in [0.717, 1.165) is 29.9 Å². The van der Waals surface area contributed by atoms with Crippen LogP contribution in [0.1, 0.15) is 35.7 Å². The Morgan fingerprint density at radius 1 is 1.14 bits per heavy atom. The highest BCUT2D eigenvalue weighted by Gasteiger charge is 2.22. The first-order chi connectivity index (χ1) is 14.1. The van der Waals surface area contributed by atoms with Crippen molar-refractivity contribution >= 4 is 23.4 Å². The Kier molecular flexibility index (Phi) is 5.33. The van der Waals surface area contributed by atoms with E-state index in [1.54, 1.807) is 31.2 Å². The fraction of sp³-hybridized carbons (Fsp3) is 0.286. The van der Waals surface area contributed by atoms with Crippen molar-refractivity contribution in [3.05, 3.63) is 53.6 Å². The van der Waals surface area contributed by atoms with Gasteiger partial charge in [-0.3, -0.25) is 10.1 Å². The summed E-state index contributed by atoms with van der Waals surface area (Å²) in [5, 5.41) is 8.65. The van der Waals surface area contributed by atoms with Crippen molar-refractivity contribution in [1.82, 2.24) is 5.01 Å². The third kappa shape index (κ3) is 4.16. The number of nitrogens with zero attached hydrogens (tertiary/aromatic N) is 2. The lowest BCUT2D eigenvalue weighted by atomic mass is 10.0. The van der Waals surface area contributed by atoms with E-state index < -0.39 is 6.09 Å². The van der Waals surface area contributed by atoms with Gasteiger partial charge in [0.25, 0.3) is 5.91 Å². The predicted octanol–water partition coefficient (Wildman–Crippen LogP) is 3.62. The standard InChI is InChI=1S/C21H21N3O5/c1-2-27-21(26)22-16-8-5-14(6-9-16)20(25)24-11-3-4-17(23-24)15-7-10-18-19(12-15)29-13-28-18/h5-10,12H,2-4,11,13H2,1H3,(H,22,26). The summed E-state index contributed by atoms with van der Waals surface area (Å²) in [7, 11) is 0. The third-order valence-electron chi connectivity index (χ3n) is 4.62. The Morgan fingerprint density at radius 2 is 1.93 bits per heavy atom. The minimum atomic E-state index is -0.527. The fourth-order valence-electron chi connectivity index (χ4n) is 3.20. The molecule has 0 saturated heterocycles. The molecule has 2 heterocycles. The molecule has 2 amide bonds. The number of hydrazone groups is 1. The summed E-state index contributed by atoms with van der Waals surface area (Å²) in [6.45, 7) is 2.80. The van der Waals surface area contributed by atoms with Gasteiger partial charge in [-0.1, -0.05) is 0 Å². The van der Waals surface area contributed by atoms with Crippen molar-refractivity contribution in [1.29, 1.82) is 0 Å². The quantitative estimate of drug-likeness (QED) is 0.854. The van der Waals surface area contributed by atoms with E-state index in [9.17, 15) is 9.59 Å². The molecule has 0 aliphatic carbocycles. The van der Waals surface area contributed by atoms with Crippen LogP contribution in [0.4, 0.5) is 10.5 Å².